The van der Waals surface area contributed by atoms with Crippen molar-refractivity contribution in [1.29, 1.82) is 0 Å². The molecule has 0 aliphatic rings. The van der Waals surface area contributed by atoms with Crippen LogP contribution in [-0.4, -0.2) is 44.1 Å². The Hall–Kier alpha value is -3.49. The quantitative estimate of drug-likeness (QED) is 0.376. The number of hydrogen-bond donors (Lipinski definition) is 3. The maximum atomic E-state index is 13.0. The highest BCUT2D eigenvalue weighted by Crippen LogP contribution is 2.35. The average molecular weight is 528 g/mol. The van der Waals surface area contributed by atoms with Crippen LogP contribution in [0.25, 0.3) is 0 Å². The fourth-order valence-electron chi connectivity index (χ4n) is 2.76. The molecule has 0 fully saturated rings. The molecule has 0 saturated heterocycles. The standard InChI is InChI=1S/C20H17ClF3N7O3S/c1-9(2-13(32)12-4-16(29-8-28-12)30-17(33)5-25)19-27-7-14(35-19)18(34)31-15-3-10(20(22,23)24)11(21)6-26-15/h3-4,6-9H,2,5,25H2,1H3,(H,26,31,34)(H,28,29,30,33). The Morgan fingerprint density at radius 2 is 1.80 bits per heavy atom. The smallest absolute Gasteiger partial charge is 0.322 e. The predicted octanol–water partition coefficient (Wildman–Crippen LogP) is 3.53. The summed E-state index contributed by atoms with van der Waals surface area (Å²) in [6, 6.07) is 1.95. The van der Waals surface area contributed by atoms with Gasteiger partial charge in [0.1, 0.15) is 28.5 Å². The number of pyridine rings is 1. The Kier molecular flexibility index (Phi) is 8.09. The van der Waals surface area contributed by atoms with Gasteiger partial charge in [-0.1, -0.05) is 18.5 Å². The van der Waals surface area contributed by atoms with Crippen LogP contribution in [0.1, 0.15) is 50.0 Å². The first-order chi connectivity index (χ1) is 16.5. The number of rotatable bonds is 8. The fourth-order valence-corrected chi connectivity index (χ4v) is 3.84. The van der Waals surface area contributed by atoms with Crippen LogP contribution in [0.2, 0.25) is 5.02 Å². The molecule has 0 spiro atoms. The van der Waals surface area contributed by atoms with Crippen LogP contribution in [0.4, 0.5) is 24.8 Å². The minimum Gasteiger partial charge on any atom is -0.322 e. The van der Waals surface area contributed by atoms with E-state index in [1.165, 1.54) is 12.3 Å². The Balaban J connectivity index is 1.66. The van der Waals surface area contributed by atoms with Crippen LogP contribution in [0.5, 0.6) is 0 Å². The molecule has 1 atom stereocenters. The van der Waals surface area contributed by atoms with Crippen molar-refractivity contribution in [2.75, 3.05) is 17.2 Å². The molecule has 3 aromatic rings. The van der Waals surface area contributed by atoms with Crippen molar-refractivity contribution in [2.24, 2.45) is 5.73 Å². The van der Waals surface area contributed by atoms with Gasteiger partial charge in [0.05, 0.1) is 28.3 Å². The van der Waals surface area contributed by atoms with Crippen LogP contribution in [-0.2, 0) is 11.0 Å². The van der Waals surface area contributed by atoms with Crippen LogP contribution in [0.15, 0.2) is 30.9 Å². The molecule has 3 aromatic heterocycles. The van der Waals surface area contributed by atoms with Crippen LogP contribution in [0.3, 0.4) is 0 Å². The number of carbonyl (C=O) groups is 3. The number of aromatic nitrogens is 4. The van der Waals surface area contributed by atoms with E-state index in [2.05, 4.69) is 30.6 Å². The van der Waals surface area contributed by atoms with Crippen molar-refractivity contribution in [1.82, 2.24) is 19.9 Å². The van der Waals surface area contributed by atoms with E-state index in [1.807, 2.05) is 0 Å². The molecular weight excluding hydrogens is 511 g/mol. The number of hydrogen-bond acceptors (Lipinski definition) is 9. The second kappa shape index (κ2) is 10.8. The first-order valence-corrected chi connectivity index (χ1v) is 11.0. The summed E-state index contributed by atoms with van der Waals surface area (Å²) in [6.07, 6.45) is -1.54. The summed E-state index contributed by atoms with van der Waals surface area (Å²) in [4.78, 5) is 52.2. The molecule has 3 heterocycles. The SMILES string of the molecule is CC(CC(=O)c1cc(NC(=O)CN)ncn1)c1ncc(C(=O)Nc2cc(C(F)(F)F)c(Cl)cn2)s1. The number of nitrogens with two attached hydrogens (primary N) is 1. The Bertz CT molecular complexity index is 1270. The number of Topliss-reactive ketones (excluding diaryl/α,β-unsaturated/α-hetero) is 1. The Labute approximate surface area is 205 Å². The molecule has 4 N–H and O–H groups in total. The zero-order chi connectivity index (χ0) is 25.8. The highest BCUT2D eigenvalue weighted by Gasteiger charge is 2.34. The van der Waals surface area contributed by atoms with Gasteiger partial charge in [0.25, 0.3) is 5.91 Å². The third kappa shape index (κ3) is 6.77. The lowest BCUT2D eigenvalue weighted by molar-refractivity contribution is -0.137. The third-order valence-corrected chi connectivity index (χ3v) is 6.00. The van der Waals surface area contributed by atoms with Crippen molar-refractivity contribution in [3.63, 3.8) is 0 Å². The molecular formula is C20H17ClF3N7O3S. The minimum atomic E-state index is -4.71. The molecule has 0 aliphatic carbocycles. The molecule has 10 nitrogen and oxygen atoms in total. The highest BCUT2D eigenvalue weighted by atomic mass is 35.5. The topological polar surface area (TPSA) is 153 Å². The van der Waals surface area contributed by atoms with E-state index in [4.69, 9.17) is 17.3 Å². The molecule has 1 unspecified atom stereocenters. The predicted molar refractivity (Wildman–Crippen MR) is 121 cm³/mol. The molecule has 0 aliphatic heterocycles. The van der Waals surface area contributed by atoms with Gasteiger partial charge < -0.3 is 16.4 Å². The van der Waals surface area contributed by atoms with Crippen LogP contribution >= 0.6 is 22.9 Å². The number of amides is 2. The first-order valence-electron chi connectivity index (χ1n) is 9.83. The molecule has 3 rings (SSSR count). The Morgan fingerprint density at radius 1 is 1.09 bits per heavy atom. The van der Waals surface area contributed by atoms with Gasteiger partial charge in [-0.05, 0) is 6.07 Å². The zero-order valence-electron chi connectivity index (χ0n) is 17.9. The van der Waals surface area contributed by atoms with Crippen LogP contribution in [0, 0.1) is 0 Å². The van der Waals surface area contributed by atoms with Crippen LogP contribution < -0.4 is 16.4 Å². The lowest BCUT2D eigenvalue weighted by Crippen LogP contribution is -2.22. The molecule has 0 bridgehead atoms. The number of halogens is 4. The highest BCUT2D eigenvalue weighted by molar-refractivity contribution is 7.13. The van der Waals surface area contributed by atoms with Gasteiger partial charge in [-0.15, -0.1) is 11.3 Å². The number of ketones is 1. The maximum Gasteiger partial charge on any atom is 0.418 e. The number of carbonyl (C=O) groups excluding carboxylic acids is 3. The molecule has 0 aromatic carbocycles. The van der Waals surface area contributed by atoms with E-state index < -0.39 is 34.5 Å². The van der Waals surface area contributed by atoms with Gasteiger partial charge in [-0.25, -0.2) is 19.9 Å². The number of nitrogens with one attached hydrogen (secondary N) is 2. The Morgan fingerprint density at radius 3 is 2.49 bits per heavy atom. The summed E-state index contributed by atoms with van der Waals surface area (Å²) in [7, 11) is 0. The third-order valence-electron chi connectivity index (χ3n) is 4.47. The summed E-state index contributed by atoms with van der Waals surface area (Å²) in [5.41, 5.74) is 4.18. The van der Waals surface area contributed by atoms with Gasteiger partial charge >= 0.3 is 6.18 Å². The van der Waals surface area contributed by atoms with Gasteiger partial charge in [0, 0.05) is 24.6 Å². The normalized spacial score (nSPS) is 12.2. The van der Waals surface area contributed by atoms with E-state index in [-0.39, 0.29) is 41.0 Å². The number of thiazole rings is 1. The van der Waals surface area contributed by atoms with Gasteiger partial charge in [-0.3, -0.25) is 14.4 Å². The lowest BCUT2D eigenvalue weighted by Gasteiger charge is -2.10. The molecule has 15 heteroatoms. The number of nitrogens with zero attached hydrogens (tertiary/aromatic N) is 4. The first kappa shape index (κ1) is 26.1. The van der Waals surface area contributed by atoms with Gasteiger partial charge in [0.2, 0.25) is 5.91 Å². The molecule has 2 amide bonds. The minimum absolute atomic E-state index is 0.0104. The average Bonchev–Trinajstić information content (AvgIpc) is 3.30. The summed E-state index contributed by atoms with van der Waals surface area (Å²) in [6.45, 7) is 1.47. The molecule has 35 heavy (non-hydrogen) atoms. The van der Waals surface area contributed by atoms with E-state index >= 15 is 0 Å². The van der Waals surface area contributed by atoms with E-state index in [0.29, 0.717) is 11.1 Å². The van der Waals surface area contributed by atoms with Crippen molar-refractivity contribution in [2.45, 2.75) is 25.4 Å². The second-order valence-corrected chi connectivity index (χ2v) is 8.60. The van der Waals surface area contributed by atoms with Gasteiger partial charge in [-0.2, -0.15) is 13.2 Å². The van der Waals surface area contributed by atoms with E-state index in [9.17, 15) is 27.6 Å². The lowest BCUT2D eigenvalue weighted by atomic mass is 10.0. The van der Waals surface area contributed by atoms with Crippen molar-refractivity contribution in [3.05, 3.63) is 57.0 Å². The van der Waals surface area contributed by atoms with E-state index in [1.54, 1.807) is 6.92 Å². The number of alkyl halides is 3. The maximum absolute atomic E-state index is 13.0. The summed E-state index contributed by atoms with van der Waals surface area (Å²) < 4.78 is 39.0. The summed E-state index contributed by atoms with van der Waals surface area (Å²) >= 11 is 6.51. The second-order valence-electron chi connectivity index (χ2n) is 7.13. The largest absolute Gasteiger partial charge is 0.418 e. The van der Waals surface area contributed by atoms with Crippen molar-refractivity contribution in [3.8, 4) is 0 Å². The summed E-state index contributed by atoms with van der Waals surface area (Å²) in [5, 5.41) is 4.57. The van der Waals surface area contributed by atoms with Crippen molar-refractivity contribution < 1.29 is 27.6 Å². The van der Waals surface area contributed by atoms with E-state index in [0.717, 1.165) is 23.9 Å². The number of anilines is 2. The molecule has 0 radical (unpaired) electrons. The molecule has 184 valence electrons. The fraction of sp³-hybridized carbons (Fsp3) is 0.250. The van der Waals surface area contributed by atoms with Gasteiger partial charge in [0.15, 0.2) is 5.78 Å². The molecule has 0 saturated carbocycles. The summed E-state index contributed by atoms with van der Waals surface area (Å²) in [5.74, 6) is -2.15. The van der Waals surface area contributed by atoms with Crippen molar-refractivity contribution >= 4 is 52.2 Å². The zero-order valence-corrected chi connectivity index (χ0v) is 19.5. The monoisotopic (exact) mass is 527 g/mol.